The molecule has 1 atom stereocenters. The highest BCUT2D eigenvalue weighted by Crippen LogP contribution is 2.33. The molecule has 1 saturated carbocycles. The molecule has 0 aliphatic heterocycles. The quantitative estimate of drug-likeness (QED) is 0.919. The van der Waals surface area contributed by atoms with Crippen molar-refractivity contribution in [3.63, 3.8) is 0 Å². The van der Waals surface area contributed by atoms with Crippen molar-refractivity contribution in [2.45, 2.75) is 45.7 Å². The lowest BCUT2D eigenvalue weighted by molar-refractivity contribution is 0.543. The van der Waals surface area contributed by atoms with E-state index in [1.165, 1.54) is 17.7 Å². The Morgan fingerprint density at radius 1 is 1.30 bits per heavy atom. The fourth-order valence-electron chi connectivity index (χ4n) is 2.29. The predicted octanol–water partition coefficient (Wildman–Crippen LogP) is 4.05. The number of aromatic nitrogens is 1. The fraction of sp³-hybridized carbons (Fsp3) is 0.438. The maximum Gasteiger partial charge on any atom is 0.128 e. The Morgan fingerprint density at radius 3 is 2.65 bits per heavy atom. The summed E-state index contributed by atoms with van der Waals surface area (Å²) in [5, 5.41) is 4.51. The van der Waals surface area contributed by atoms with Crippen LogP contribution in [0.3, 0.4) is 0 Å². The van der Waals surface area contributed by atoms with Crippen LogP contribution in [-0.4, -0.2) is 11.0 Å². The van der Waals surface area contributed by atoms with Crippen molar-refractivity contribution < 1.29 is 4.39 Å². The molecule has 1 unspecified atom stereocenters. The van der Waals surface area contributed by atoms with E-state index in [9.17, 15) is 4.39 Å². The molecule has 1 aliphatic carbocycles. The zero-order valence-electron chi connectivity index (χ0n) is 12.0. The van der Waals surface area contributed by atoms with Gasteiger partial charge in [0.15, 0.2) is 0 Å². The van der Waals surface area contributed by atoms with Crippen LogP contribution in [0.25, 0.3) is 0 Å². The SMILES string of the molecule is Cc1ccc(F)c(C(NC2CC2)c2nc(C)c(C)s2)c1. The lowest BCUT2D eigenvalue weighted by atomic mass is 10.0. The Hall–Kier alpha value is -1.26. The van der Waals surface area contributed by atoms with Gasteiger partial charge in [-0.15, -0.1) is 11.3 Å². The van der Waals surface area contributed by atoms with E-state index in [4.69, 9.17) is 0 Å². The van der Waals surface area contributed by atoms with Crippen molar-refractivity contribution in [3.05, 3.63) is 50.7 Å². The van der Waals surface area contributed by atoms with Crippen LogP contribution in [0.2, 0.25) is 0 Å². The molecule has 0 radical (unpaired) electrons. The molecule has 0 saturated heterocycles. The molecule has 1 aliphatic rings. The summed E-state index contributed by atoms with van der Waals surface area (Å²) in [5.74, 6) is -0.153. The van der Waals surface area contributed by atoms with E-state index in [1.807, 2.05) is 26.0 Å². The summed E-state index contributed by atoms with van der Waals surface area (Å²) in [7, 11) is 0. The largest absolute Gasteiger partial charge is 0.301 e. The smallest absolute Gasteiger partial charge is 0.128 e. The summed E-state index contributed by atoms with van der Waals surface area (Å²) in [5.41, 5.74) is 2.83. The highest BCUT2D eigenvalue weighted by atomic mass is 32.1. The van der Waals surface area contributed by atoms with Crippen molar-refractivity contribution >= 4 is 11.3 Å². The molecule has 3 rings (SSSR count). The summed E-state index contributed by atoms with van der Waals surface area (Å²) < 4.78 is 14.2. The van der Waals surface area contributed by atoms with Crippen LogP contribution in [-0.2, 0) is 0 Å². The molecule has 4 heteroatoms. The minimum absolute atomic E-state index is 0.125. The van der Waals surface area contributed by atoms with E-state index in [1.54, 1.807) is 17.4 Å². The minimum atomic E-state index is -0.153. The van der Waals surface area contributed by atoms with Gasteiger partial charge in [-0.3, -0.25) is 0 Å². The van der Waals surface area contributed by atoms with Gasteiger partial charge >= 0.3 is 0 Å². The lowest BCUT2D eigenvalue weighted by Gasteiger charge is -2.18. The van der Waals surface area contributed by atoms with Crippen LogP contribution in [0.15, 0.2) is 18.2 Å². The monoisotopic (exact) mass is 290 g/mol. The molecular formula is C16H19FN2S. The van der Waals surface area contributed by atoms with Gasteiger partial charge in [-0.05, 0) is 39.7 Å². The maximum atomic E-state index is 14.2. The number of nitrogens with zero attached hydrogens (tertiary/aromatic N) is 1. The third kappa shape index (κ3) is 2.76. The second-order valence-corrected chi connectivity index (χ2v) is 6.83. The van der Waals surface area contributed by atoms with E-state index < -0.39 is 0 Å². The zero-order chi connectivity index (χ0) is 14.3. The number of thiazole rings is 1. The Labute approximate surface area is 123 Å². The van der Waals surface area contributed by atoms with Crippen LogP contribution < -0.4 is 5.32 Å². The van der Waals surface area contributed by atoms with E-state index in [0.717, 1.165) is 16.3 Å². The third-order valence-corrected chi connectivity index (χ3v) is 4.87. The average molecular weight is 290 g/mol. The Morgan fingerprint density at radius 2 is 2.05 bits per heavy atom. The molecule has 0 amide bonds. The van der Waals surface area contributed by atoms with Crippen molar-refractivity contribution in [1.29, 1.82) is 0 Å². The lowest BCUT2D eigenvalue weighted by Crippen LogP contribution is -2.25. The number of benzene rings is 1. The zero-order valence-corrected chi connectivity index (χ0v) is 12.9. The van der Waals surface area contributed by atoms with E-state index in [0.29, 0.717) is 11.6 Å². The standard InChI is InChI=1S/C16H19FN2S/c1-9-4-7-14(17)13(8-9)15(19-12-5-6-12)16-18-10(2)11(3)20-16/h4,7-8,12,15,19H,5-6H2,1-3H3. The van der Waals surface area contributed by atoms with E-state index in [2.05, 4.69) is 17.2 Å². The Kier molecular flexibility index (Phi) is 3.61. The van der Waals surface area contributed by atoms with Crippen LogP contribution in [0.5, 0.6) is 0 Å². The number of halogens is 1. The molecule has 1 N–H and O–H groups in total. The van der Waals surface area contributed by atoms with Gasteiger partial charge in [0.05, 0.1) is 11.7 Å². The Balaban J connectivity index is 2.02. The summed E-state index contributed by atoms with van der Waals surface area (Å²) >= 11 is 1.66. The topological polar surface area (TPSA) is 24.9 Å². The number of aryl methyl sites for hydroxylation is 3. The van der Waals surface area contributed by atoms with Crippen molar-refractivity contribution in [1.82, 2.24) is 10.3 Å². The van der Waals surface area contributed by atoms with Gasteiger partial charge in [-0.2, -0.15) is 0 Å². The van der Waals surface area contributed by atoms with Crippen LogP contribution in [0, 0.1) is 26.6 Å². The summed E-state index contributed by atoms with van der Waals surface area (Å²) in [4.78, 5) is 5.83. The molecule has 2 aromatic rings. The van der Waals surface area contributed by atoms with Crippen molar-refractivity contribution in [3.8, 4) is 0 Å². The molecule has 2 nitrogen and oxygen atoms in total. The third-order valence-electron chi connectivity index (χ3n) is 3.73. The molecule has 0 spiro atoms. The summed E-state index contributed by atoms with van der Waals surface area (Å²) in [6.45, 7) is 6.07. The van der Waals surface area contributed by atoms with Gasteiger partial charge < -0.3 is 5.32 Å². The highest BCUT2D eigenvalue weighted by molar-refractivity contribution is 7.11. The van der Waals surface area contributed by atoms with Gasteiger partial charge in [0.25, 0.3) is 0 Å². The molecule has 1 heterocycles. The molecule has 1 aromatic carbocycles. The summed E-state index contributed by atoms with van der Waals surface area (Å²) in [6, 6.07) is 5.68. The van der Waals surface area contributed by atoms with Crippen molar-refractivity contribution in [2.75, 3.05) is 0 Å². The number of hydrogen-bond donors (Lipinski definition) is 1. The predicted molar refractivity (Wildman–Crippen MR) is 80.7 cm³/mol. The fourth-order valence-corrected chi connectivity index (χ4v) is 3.29. The van der Waals surface area contributed by atoms with Gasteiger partial charge in [-0.1, -0.05) is 17.7 Å². The first kappa shape index (κ1) is 13.7. The second-order valence-electron chi connectivity index (χ2n) is 5.59. The normalized spacial score (nSPS) is 16.4. The van der Waals surface area contributed by atoms with Crippen molar-refractivity contribution in [2.24, 2.45) is 0 Å². The number of rotatable bonds is 4. The number of hydrogen-bond acceptors (Lipinski definition) is 3. The second kappa shape index (κ2) is 5.26. The minimum Gasteiger partial charge on any atom is -0.301 e. The molecule has 106 valence electrons. The average Bonchev–Trinajstić information content (AvgIpc) is 3.16. The molecule has 1 aromatic heterocycles. The maximum absolute atomic E-state index is 14.2. The molecule has 0 bridgehead atoms. The first-order chi connectivity index (χ1) is 9.54. The molecule has 1 fully saturated rings. The molecule has 20 heavy (non-hydrogen) atoms. The van der Waals surface area contributed by atoms with Gasteiger partial charge in [-0.25, -0.2) is 9.37 Å². The van der Waals surface area contributed by atoms with Crippen LogP contribution in [0.1, 0.15) is 45.6 Å². The van der Waals surface area contributed by atoms with Gasteiger partial charge in [0, 0.05) is 16.5 Å². The Bertz CT molecular complexity index is 612. The first-order valence-electron chi connectivity index (χ1n) is 7.00. The highest BCUT2D eigenvalue weighted by Gasteiger charge is 2.29. The first-order valence-corrected chi connectivity index (χ1v) is 7.82. The summed E-state index contributed by atoms with van der Waals surface area (Å²) in [6.07, 6.45) is 2.35. The number of nitrogens with one attached hydrogen (secondary N) is 1. The van der Waals surface area contributed by atoms with Gasteiger partial charge in [0.2, 0.25) is 0 Å². The van der Waals surface area contributed by atoms with Crippen LogP contribution in [0.4, 0.5) is 4.39 Å². The molecular weight excluding hydrogens is 271 g/mol. The van der Waals surface area contributed by atoms with Gasteiger partial charge in [0.1, 0.15) is 10.8 Å². The van der Waals surface area contributed by atoms with Crippen LogP contribution >= 0.6 is 11.3 Å². The van der Waals surface area contributed by atoms with E-state index >= 15 is 0 Å². The van der Waals surface area contributed by atoms with E-state index in [-0.39, 0.29) is 11.9 Å².